The number of piperidine rings is 1. The number of hydrogen-bond acceptors (Lipinski definition) is 9. The number of allylic oxidation sites excluding steroid dienone is 1. The van der Waals surface area contributed by atoms with Crippen LogP contribution in [0.25, 0.3) is 5.65 Å². The molecule has 4 N–H and O–H groups in total. The first-order valence-corrected chi connectivity index (χ1v) is 18.9. The molecule has 280 valence electrons. The summed E-state index contributed by atoms with van der Waals surface area (Å²) in [5, 5.41) is 15.3. The highest BCUT2D eigenvalue weighted by Gasteiger charge is 2.50. The first kappa shape index (κ1) is 36.3. The number of nitrogens with one attached hydrogen (secondary N) is 2. The molecule has 2 atom stereocenters. The van der Waals surface area contributed by atoms with Gasteiger partial charge in [0.15, 0.2) is 5.65 Å². The molecule has 12 nitrogen and oxygen atoms in total. The number of hydrogen-bond donors (Lipinski definition) is 3. The van der Waals surface area contributed by atoms with Crippen molar-refractivity contribution < 1.29 is 14.3 Å². The third-order valence-electron chi connectivity index (χ3n) is 10.6. The lowest BCUT2D eigenvalue weighted by Gasteiger charge is -2.36. The lowest BCUT2D eigenvalue weighted by Crippen LogP contribution is -2.42. The highest BCUT2D eigenvalue weighted by molar-refractivity contribution is 6.05. The largest absolute Gasteiger partial charge is 0.492 e. The normalized spacial score (nSPS) is 20.0. The summed E-state index contributed by atoms with van der Waals surface area (Å²) < 4.78 is 14.7. The highest BCUT2D eigenvalue weighted by atomic mass is 16.5. The maximum absolute atomic E-state index is 13.7. The summed E-state index contributed by atoms with van der Waals surface area (Å²) in [5.74, 6) is 2.72. The van der Waals surface area contributed by atoms with Crippen LogP contribution in [0, 0.1) is 5.41 Å². The molecule has 7 rings (SSSR count). The number of benzene rings is 2. The molecular weight excluding hydrogens is 667 g/mol. The van der Waals surface area contributed by atoms with Crippen LogP contribution < -0.4 is 30.7 Å². The molecule has 1 saturated heterocycles. The summed E-state index contributed by atoms with van der Waals surface area (Å²) in [4.78, 5) is 23.0. The minimum Gasteiger partial charge on any atom is -0.492 e. The van der Waals surface area contributed by atoms with Crippen molar-refractivity contribution in [2.24, 2.45) is 16.1 Å². The topological polar surface area (TPSA) is 135 Å². The molecule has 4 aromatic rings. The van der Waals surface area contributed by atoms with Gasteiger partial charge in [-0.2, -0.15) is 0 Å². The number of nitrogens with zero attached hydrogens (tertiary/aromatic N) is 6. The zero-order valence-electron chi connectivity index (χ0n) is 31.6. The van der Waals surface area contributed by atoms with E-state index < -0.39 is 0 Å². The average molecular weight is 720 g/mol. The Balaban J connectivity index is 1.06. The second kappa shape index (κ2) is 15.1. The number of nitrogens with two attached hydrogens (primary N) is 1. The molecule has 3 heterocycles. The van der Waals surface area contributed by atoms with Gasteiger partial charge < -0.3 is 30.3 Å². The predicted octanol–water partition coefficient (Wildman–Crippen LogP) is 7.07. The molecule has 3 aliphatic rings. The van der Waals surface area contributed by atoms with Crippen molar-refractivity contribution in [2.45, 2.75) is 83.4 Å². The van der Waals surface area contributed by atoms with E-state index in [1.54, 1.807) is 6.08 Å². The predicted molar refractivity (Wildman–Crippen MR) is 209 cm³/mol. The van der Waals surface area contributed by atoms with E-state index in [-0.39, 0.29) is 29.1 Å². The molecular formula is C41H53N9O3. The second-order valence-electron chi connectivity index (χ2n) is 15.9. The van der Waals surface area contributed by atoms with E-state index in [0.29, 0.717) is 36.0 Å². The van der Waals surface area contributed by atoms with Gasteiger partial charge in [-0.25, -0.2) is 9.79 Å². The molecule has 1 spiro atoms. The van der Waals surface area contributed by atoms with Crippen LogP contribution in [0.5, 0.6) is 11.5 Å². The Morgan fingerprint density at radius 1 is 1.02 bits per heavy atom. The molecule has 1 saturated carbocycles. The third kappa shape index (κ3) is 8.43. The van der Waals surface area contributed by atoms with Crippen LogP contribution in [0.3, 0.4) is 0 Å². The second-order valence-corrected chi connectivity index (χ2v) is 15.9. The van der Waals surface area contributed by atoms with Crippen LogP contribution in [0.4, 0.5) is 16.4 Å². The number of aliphatic imine (C=N–C) groups is 1. The van der Waals surface area contributed by atoms with Crippen molar-refractivity contribution in [3.8, 4) is 11.5 Å². The summed E-state index contributed by atoms with van der Waals surface area (Å²) in [6, 6.07) is 19.1. The maximum Gasteiger partial charge on any atom is 0.320 e. The molecule has 2 aromatic heterocycles. The Morgan fingerprint density at radius 2 is 1.83 bits per heavy atom. The summed E-state index contributed by atoms with van der Waals surface area (Å²) in [5.41, 5.74) is 10.5. The fraction of sp³-hybridized carbons (Fsp3) is 0.463. The number of aromatic nitrogens is 3. The molecule has 53 heavy (non-hydrogen) atoms. The lowest BCUT2D eigenvalue weighted by molar-refractivity contribution is 0.171. The van der Waals surface area contributed by atoms with E-state index in [2.05, 4.69) is 47.2 Å². The van der Waals surface area contributed by atoms with Gasteiger partial charge in [-0.3, -0.25) is 9.72 Å². The minimum absolute atomic E-state index is 0.173. The smallest absolute Gasteiger partial charge is 0.320 e. The van der Waals surface area contributed by atoms with E-state index in [9.17, 15) is 4.79 Å². The molecule has 2 aromatic carbocycles. The Bertz CT molecular complexity index is 1990. The van der Waals surface area contributed by atoms with Gasteiger partial charge in [0.05, 0.1) is 17.9 Å². The summed E-state index contributed by atoms with van der Waals surface area (Å²) >= 11 is 0. The van der Waals surface area contributed by atoms with Crippen molar-refractivity contribution in [2.75, 3.05) is 38.7 Å². The van der Waals surface area contributed by atoms with E-state index in [4.69, 9.17) is 20.2 Å². The van der Waals surface area contributed by atoms with Gasteiger partial charge in [-0.15, -0.1) is 10.2 Å². The van der Waals surface area contributed by atoms with E-state index >= 15 is 0 Å². The Hall–Kier alpha value is -5.10. The highest BCUT2D eigenvalue weighted by Crippen LogP contribution is 2.50. The number of likely N-dealkylation sites (N-methyl/N-ethyl adjacent to an activating group) is 1. The van der Waals surface area contributed by atoms with Crippen molar-refractivity contribution in [1.82, 2.24) is 30.1 Å². The first-order chi connectivity index (χ1) is 25.5. The number of carbonyl (C=O) groups excluding carboxylic acids is 1. The van der Waals surface area contributed by atoms with Gasteiger partial charge in [0.1, 0.15) is 30.0 Å². The molecule has 0 unspecified atom stereocenters. The first-order valence-electron chi connectivity index (χ1n) is 18.9. The van der Waals surface area contributed by atoms with Gasteiger partial charge in [0, 0.05) is 41.9 Å². The van der Waals surface area contributed by atoms with Gasteiger partial charge in [0.25, 0.3) is 0 Å². The standard InChI is InChI=1S/C41H53N9O3/c1-40(2,3)35(42)26-36(43-28-11-10-12-29(25-28)52-24-23-48(4)5)45-38(51)44-33-16-17-34(32-14-7-6-13-31(32)33)53-30-15-18-37-46-47-39(49(37)27-30)50-22-9-8-19-41(50)20-21-41/h6-7,10-15,18,25-27,33-34H,8-9,16-17,19-24,42H2,1-5H3,(H2,43,44,45,51)/t33-,34+/m0/s1. The van der Waals surface area contributed by atoms with Crippen LogP contribution in [-0.4, -0.2) is 70.7 Å². The minimum atomic E-state index is -0.365. The molecule has 2 aliphatic carbocycles. The monoisotopic (exact) mass is 719 g/mol. The van der Waals surface area contributed by atoms with E-state index in [1.165, 1.54) is 32.1 Å². The number of amides is 2. The number of anilines is 1. The average Bonchev–Trinajstić information content (AvgIpc) is 3.76. The van der Waals surface area contributed by atoms with Crippen molar-refractivity contribution >= 4 is 29.1 Å². The number of rotatable bonds is 10. The van der Waals surface area contributed by atoms with Gasteiger partial charge in [0.2, 0.25) is 5.95 Å². The van der Waals surface area contributed by atoms with Gasteiger partial charge in [-0.05, 0) is 94.4 Å². The number of pyridine rings is 1. The zero-order valence-corrected chi connectivity index (χ0v) is 31.6. The number of ether oxygens (including phenoxy) is 2. The number of fused-ring (bicyclic) bond motifs is 2. The molecule has 2 fully saturated rings. The fourth-order valence-electron chi connectivity index (χ4n) is 7.27. The number of urea groups is 1. The van der Waals surface area contributed by atoms with E-state index in [1.807, 2.05) is 89.6 Å². The van der Waals surface area contributed by atoms with Crippen LogP contribution in [0.2, 0.25) is 0 Å². The van der Waals surface area contributed by atoms with Crippen molar-refractivity contribution in [3.05, 3.63) is 89.8 Å². The Morgan fingerprint density at radius 3 is 2.60 bits per heavy atom. The fourth-order valence-corrected chi connectivity index (χ4v) is 7.27. The van der Waals surface area contributed by atoms with Crippen molar-refractivity contribution in [1.29, 1.82) is 0 Å². The quantitative estimate of drug-likeness (QED) is 0.117. The molecule has 12 heteroatoms. The van der Waals surface area contributed by atoms with Crippen LogP contribution in [-0.2, 0) is 0 Å². The Labute approximate surface area is 312 Å². The lowest BCUT2D eigenvalue weighted by atomic mass is 9.85. The molecule has 1 aliphatic heterocycles. The van der Waals surface area contributed by atoms with Crippen LogP contribution in [0.1, 0.15) is 89.0 Å². The number of amidine groups is 1. The van der Waals surface area contributed by atoms with Gasteiger partial charge >= 0.3 is 6.03 Å². The number of carbonyl (C=O) groups is 1. The van der Waals surface area contributed by atoms with Crippen LogP contribution >= 0.6 is 0 Å². The molecule has 0 radical (unpaired) electrons. The van der Waals surface area contributed by atoms with Crippen LogP contribution in [0.15, 0.2) is 83.6 Å². The molecule has 0 bridgehead atoms. The van der Waals surface area contributed by atoms with E-state index in [0.717, 1.165) is 48.0 Å². The maximum atomic E-state index is 13.7. The van der Waals surface area contributed by atoms with Crippen molar-refractivity contribution in [3.63, 3.8) is 0 Å². The summed E-state index contributed by atoms with van der Waals surface area (Å²) in [6.45, 7) is 8.42. The SMILES string of the molecule is CN(C)CCOc1cccc(N=C(C=C(N)C(C)(C)C)NC(=O)N[C@H]2CC[C@@H](Oc3ccc4nnc(N5CCCCC56CC6)n4c3)c3ccccc32)c1. The third-order valence-corrected chi connectivity index (χ3v) is 10.6. The summed E-state index contributed by atoms with van der Waals surface area (Å²) in [7, 11) is 4.01. The van der Waals surface area contributed by atoms with Gasteiger partial charge in [-0.1, -0.05) is 51.1 Å². The summed E-state index contributed by atoms with van der Waals surface area (Å²) in [6.07, 6.45) is 11.1. The Kier molecular flexibility index (Phi) is 10.3. The molecule has 2 amide bonds. The zero-order chi connectivity index (χ0) is 37.2.